The molecule has 0 radical (unpaired) electrons. The van der Waals surface area contributed by atoms with Crippen LogP contribution in [0.1, 0.15) is 23.6 Å². The number of carboxylic acids is 2. The number of methoxy groups -OCH3 is 1. The highest BCUT2D eigenvalue weighted by Crippen LogP contribution is 2.51. The van der Waals surface area contributed by atoms with Gasteiger partial charge < -0.3 is 20.3 Å². The second-order valence-corrected chi connectivity index (χ2v) is 8.70. The summed E-state index contributed by atoms with van der Waals surface area (Å²) in [6.07, 6.45) is -0.853. The number of nitrogens with one attached hydrogen (secondary N) is 2. The van der Waals surface area contributed by atoms with Gasteiger partial charge in [-0.25, -0.2) is 0 Å². The van der Waals surface area contributed by atoms with E-state index in [9.17, 15) is 29.4 Å². The zero-order valence-electron chi connectivity index (χ0n) is 19.1. The Morgan fingerprint density at radius 3 is 2.40 bits per heavy atom. The summed E-state index contributed by atoms with van der Waals surface area (Å²) in [5.41, 5.74) is -0.611. The van der Waals surface area contributed by atoms with Gasteiger partial charge in [0.25, 0.3) is 0 Å². The molecule has 4 N–H and O–H groups in total. The summed E-state index contributed by atoms with van der Waals surface area (Å²) in [5.74, 6) is -6.13. The summed E-state index contributed by atoms with van der Waals surface area (Å²) in [6.45, 7) is 0.879. The van der Waals surface area contributed by atoms with Gasteiger partial charge in [0.05, 0.1) is 25.4 Å². The fourth-order valence-electron chi connectivity index (χ4n) is 5.17. The number of para-hydroxylation sites is 1. The number of nitrogens with zero attached hydrogens (tertiary/aromatic N) is 1. The maximum absolute atomic E-state index is 13.5. The zero-order chi connectivity index (χ0) is 25.2. The van der Waals surface area contributed by atoms with Crippen LogP contribution in [-0.2, 0) is 25.7 Å². The van der Waals surface area contributed by atoms with Crippen LogP contribution in [0.4, 0.5) is 0 Å². The molecule has 2 heterocycles. The number of carbonyl (C=O) groups excluding carboxylic acids is 2. The Morgan fingerprint density at radius 2 is 1.74 bits per heavy atom. The van der Waals surface area contributed by atoms with Crippen LogP contribution in [0, 0.1) is 11.8 Å². The number of hydrogen-bond acceptors (Lipinski definition) is 7. The summed E-state index contributed by atoms with van der Waals surface area (Å²) < 4.78 is 5.40. The maximum atomic E-state index is 13.5. The van der Waals surface area contributed by atoms with Gasteiger partial charge in [0.2, 0.25) is 11.8 Å². The molecular formula is C25H27N3O7. The standard InChI is InChI=1S/C25H27N3O7/c1-35-17-10-6-5-9-16(17)21-19-20(25(27-21,24(33)34)13-18(29)30)23(32)28(22(19)31)12-11-26-14-15-7-3-2-4-8-15/h2-10,19-21,26-27H,11-14H2,1H3,(H,29,30)(H,33,34). The number of imide groups is 1. The molecule has 10 nitrogen and oxygen atoms in total. The fourth-order valence-corrected chi connectivity index (χ4v) is 5.17. The highest BCUT2D eigenvalue weighted by molar-refractivity contribution is 6.10. The number of aliphatic carboxylic acids is 2. The molecule has 0 saturated carbocycles. The van der Waals surface area contributed by atoms with E-state index in [2.05, 4.69) is 10.6 Å². The largest absolute Gasteiger partial charge is 0.496 e. The van der Waals surface area contributed by atoms with Gasteiger partial charge >= 0.3 is 11.9 Å². The number of benzene rings is 2. The van der Waals surface area contributed by atoms with Crippen LogP contribution in [0.25, 0.3) is 0 Å². The van der Waals surface area contributed by atoms with Crippen molar-refractivity contribution in [2.24, 2.45) is 11.8 Å². The Balaban J connectivity index is 1.63. The van der Waals surface area contributed by atoms with Crippen LogP contribution in [0.5, 0.6) is 5.75 Å². The Labute approximate surface area is 201 Å². The monoisotopic (exact) mass is 481 g/mol. The molecule has 2 amide bonds. The molecule has 35 heavy (non-hydrogen) atoms. The van der Waals surface area contributed by atoms with Gasteiger partial charge in [0, 0.05) is 31.2 Å². The van der Waals surface area contributed by atoms with Crippen molar-refractivity contribution in [1.82, 2.24) is 15.5 Å². The van der Waals surface area contributed by atoms with Gasteiger partial charge in [-0.3, -0.25) is 29.4 Å². The van der Waals surface area contributed by atoms with Crippen molar-refractivity contribution in [1.29, 1.82) is 0 Å². The average molecular weight is 482 g/mol. The van der Waals surface area contributed by atoms with Gasteiger partial charge in [-0.1, -0.05) is 48.5 Å². The van der Waals surface area contributed by atoms with Crippen LogP contribution >= 0.6 is 0 Å². The number of carbonyl (C=O) groups is 4. The summed E-state index contributed by atoms with van der Waals surface area (Å²) in [5, 5.41) is 25.7. The molecule has 2 aromatic rings. The lowest BCUT2D eigenvalue weighted by Crippen LogP contribution is -2.57. The molecule has 0 spiro atoms. The fraction of sp³-hybridized carbons (Fsp3) is 0.360. The lowest BCUT2D eigenvalue weighted by atomic mass is 9.77. The van der Waals surface area contributed by atoms with Gasteiger partial charge in [0.15, 0.2) is 0 Å². The minimum atomic E-state index is -2.14. The number of carboxylic acid groups (broad SMARTS) is 2. The lowest BCUT2D eigenvalue weighted by molar-refractivity contribution is -0.156. The van der Waals surface area contributed by atoms with Crippen LogP contribution < -0.4 is 15.4 Å². The Morgan fingerprint density at radius 1 is 1.06 bits per heavy atom. The van der Waals surface area contributed by atoms with Crippen LogP contribution in [-0.4, -0.2) is 64.6 Å². The third-order valence-corrected chi connectivity index (χ3v) is 6.72. The van der Waals surface area contributed by atoms with E-state index in [-0.39, 0.29) is 6.54 Å². The minimum Gasteiger partial charge on any atom is -0.496 e. The third kappa shape index (κ3) is 4.38. The lowest BCUT2D eigenvalue weighted by Gasteiger charge is -2.30. The molecule has 0 aromatic heterocycles. The van der Waals surface area contributed by atoms with Gasteiger partial charge in [0.1, 0.15) is 11.3 Å². The highest BCUT2D eigenvalue weighted by Gasteiger charge is 2.69. The van der Waals surface area contributed by atoms with E-state index in [0.29, 0.717) is 24.4 Å². The normalized spacial score (nSPS) is 25.5. The van der Waals surface area contributed by atoms with Crippen molar-refractivity contribution in [3.8, 4) is 5.75 Å². The molecule has 4 rings (SSSR count). The summed E-state index contributed by atoms with van der Waals surface area (Å²) in [4.78, 5) is 52.1. The number of hydrogen-bond donors (Lipinski definition) is 4. The third-order valence-electron chi connectivity index (χ3n) is 6.72. The number of amides is 2. The topological polar surface area (TPSA) is 145 Å². The van der Waals surface area contributed by atoms with E-state index in [0.717, 1.165) is 10.5 Å². The van der Waals surface area contributed by atoms with E-state index >= 15 is 0 Å². The first kappa shape index (κ1) is 24.4. The molecule has 2 aliphatic heterocycles. The van der Waals surface area contributed by atoms with Crippen molar-refractivity contribution in [3.63, 3.8) is 0 Å². The highest BCUT2D eigenvalue weighted by atomic mass is 16.5. The molecule has 0 aliphatic carbocycles. The minimum absolute atomic E-state index is 0.0406. The first-order valence-corrected chi connectivity index (χ1v) is 11.3. The van der Waals surface area contributed by atoms with Crippen molar-refractivity contribution in [2.45, 2.75) is 24.5 Å². The van der Waals surface area contributed by atoms with Crippen molar-refractivity contribution in [3.05, 3.63) is 65.7 Å². The Bertz CT molecular complexity index is 1140. The Kier molecular flexibility index (Phi) is 6.86. The molecule has 2 aromatic carbocycles. The van der Waals surface area contributed by atoms with E-state index in [1.807, 2.05) is 30.3 Å². The zero-order valence-corrected chi connectivity index (χ0v) is 19.1. The molecule has 4 unspecified atom stereocenters. The maximum Gasteiger partial charge on any atom is 0.325 e. The summed E-state index contributed by atoms with van der Waals surface area (Å²) in [7, 11) is 1.44. The second-order valence-electron chi connectivity index (χ2n) is 8.70. The summed E-state index contributed by atoms with van der Waals surface area (Å²) in [6, 6.07) is 15.5. The predicted molar refractivity (Wildman–Crippen MR) is 123 cm³/mol. The van der Waals surface area contributed by atoms with Crippen molar-refractivity contribution >= 4 is 23.8 Å². The second kappa shape index (κ2) is 9.85. The Hall–Kier alpha value is -3.76. The predicted octanol–water partition coefficient (Wildman–Crippen LogP) is 1.03. The van der Waals surface area contributed by atoms with Gasteiger partial charge in [-0.2, -0.15) is 0 Å². The number of likely N-dealkylation sites (tertiary alicyclic amines) is 1. The molecule has 0 bridgehead atoms. The van der Waals surface area contributed by atoms with Gasteiger partial charge in [-0.15, -0.1) is 0 Å². The molecular weight excluding hydrogens is 454 g/mol. The van der Waals surface area contributed by atoms with Crippen LogP contribution in [0.15, 0.2) is 54.6 Å². The first-order chi connectivity index (χ1) is 16.8. The average Bonchev–Trinajstić information content (AvgIpc) is 3.31. The molecule has 184 valence electrons. The number of rotatable bonds is 10. The molecule has 2 aliphatic rings. The van der Waals surface area contributed by atoms with E-state index < -0.39 is 53.6 Å². The van der Waals surface area contributed by atoms with E-state index in [4.69, 9.17) is 4.74 Å². The van der Waals surface area contributed by atoms with Gasteiger partial charge in [-0.05, 0) is 11.6 Å². The molecule has 10 heteroatoms. The van der Waals surface area contributed by atoms with E-state index in [1.54, 1.807) is 24.3 Å². The quantitative estimate of drug-likeness (QED) is 0.289. The SMILES string of the molecule is COc1ccccc1C1NC(CC(=O)O)(C(=O)O)C2C(=O)N(CCNCc3ccccc3)C(=O)C12. The van der Waals surface area contributed by atoms with Crippen LogP contribution in [0.3, 0.4) is 0 Å². The van der Waals surface area contributed by atoms with Crippen molar-refractivity contribution < 1.29 is 34.1 Å². The van der Waals surface area contributed by atoms with E-state index in [1.165, 1.54) is 7.11 Å². The number of ether oxygens (including phenoxy) is 1. The summed E-state index contributed by atoms with van der Waals surface area (Å²) >= 11 is 0. The number of fused-ring (bicyclic) bond motifs is 1. The first-order valence-electron chi connectivity index (χ1n) is 11.3. The van der Waals surface area contributed by atoms with Crippen LogP contribution in [0.2, 0.25) is 0 Å². The molecule has 2 fully saturated rings. The van der Waals surface area contributed by atoms with Crippen molar-refractivity contribution in [2.75, 3.05) is 20.2 Å². The smallest absolute Gasteiger partial charge is 0.325 e. The molecule has 2 saturated heterocycles. The molecule has 4 atom stereocenters.